The number of pyridine rings is 1. The highest BCUT2D eigenvalue weighted by Gasteiger charge is 2.33. The Bertz CT molecular complexity index is 792. The van der Waals surface area contributed by atoms with E-state index in [1.165, 1.54) is 6.26 Å². The summed E-state index contributed by atoms with van der Waals surface area (Å²) in [6, 6.07) is 6.73. The van der Waals surface area contributed by atoms with Crippen molar-refractivity contribution in [2.45, 2.75) is 25.0 Å². The summed E-state index contributed by atoms with van der Waals surface area (Å²) in [6.45, 7) is 2.12. The molecule has 2 fully saturated rings. The van der Waals surface area contributed by atoms with Gasteiger partial charge in [-0.2, -0.15) is 0 Å². The van der Waals surface area contributed by atoms with Crippen LogP contribution in [0.4, 0.5) is 0 Å². The molecule has 0 bridgehead atoms. The van der Waals surface area contributed by atoms with Gasteiger partial charge in [0.05, 0.1) is 24.7 Å². The topological polar surface area (TPSA) is 84.8 Å². The summed E-state index contributed by atoms with van der Waals surface area (Å²) in [5.41, 5.74) is 0.258. The van der Waals surface area contributed by atoms with E-state index >= 15 is 0 Å². The van der Waals surface area contributed by atoms with Crippen molar-refractivity contribution in [2.75, 3.05) is 26.3 Å². The van der Waals surface area contributed by atoms with Gasteiger partial charge in [-0.25, -0.2) is 0 Å². The fourth-order valence-electron chi connectivity index (χ4n) is 3.37. The number of ether oxygens (including phenoxy) is 2. The summed E-state index contributed by atoms with van der Waals surface area (Å²) in [7, 11) is 0. The van der Waals surface area contributed by atoms with E-state index in [9.17, 15) is 9.59 Å². The molecule has 4 heterocycles. The number of morpholine rings is 1. The molecule has 1 N–H and O–H groups in total. The second-order valence-corrected chi connectivity index (χ2v) is 6.30. The van der Waals surface area contributed by atoms with Gasteiger partial charge in [0.2, 0.25) is 0 Å². The van der Waals surface area contributed by atoms with E-state index < -0.39 is 5.56 Å². The van der Waals surface area contributed by atoms with Crippen LogP contribution in [0.5, 0.6) is 0 Å². The van der Waals surface area contributed by atoms with Gasteiger partial charge in [-0.3, -0.25) is 9.59 Å². The summed E-state index contributed by atoms with van der Waals surface area (Å²) in [5.74, 6) is 0.277. The van der Waals surface area contributed by atoms with E-state index in [1.807, 2.05) is 0 Å². The molecule has 2 atom stereocenters. The van der Waals surface area contributed by atoms with E-state index in [-0.39, 0.29) is 23.7 Å². The standard InChI is InChI=1S/C18H20N2O5/c21-17-12(5-6-13(19-17)14-3-1-8-23-14)18(22)20-7-10-25-16(11-20)15-4-2-9-24-15/h1,3,5-6,8,15-16H,2,4,7,9-11H2,(H,19,21)/t15-,16+/m0/s1. The number of carbonyl (C=O) groups is 1. The number of amides is 1. The molecule has 0 aromatic carbocycles. The number of nitrogens with zero attached hydrogens (tertiary/aromatic N) is 1. The van der Waals surface area contributed by atoms with Crippen LogP contribution in [0.2, 0.25) is 0 Å². The average Bonchev–Trinajstić information content (AvgIpc) is 3.35. The van der Waals surface area contributed by atoms with Crippen LogP contribution in [0, 0.1) is 0 Å². The molecule has 0 unspecified atom stereocenters. The van der Waals surface area contributed by atoms with Crippen LogP contribution < -0.4 is 5.56 Å². The van der Waals surface area contributed by atoms with Crippen molar-refractivity contribution in [1.82, 2.24) is 9.88 Å². The molecule has 2 aliphatic rings. The lowest BCUT2D eigenvalue weighted by Crippen LogP contribution is -2.50. The van der Waals surface area contributed by atoms with Gasteiger partial charge in [-0.1, -0.05) is 0 Å². The van der Waals surface area contributed by atoms with Crippen LogP contribution in [0.25, 0.3) is 11.5 Å². The first-order chi connectivity index (χ1) is 12.2. The Morgan fingerprint density at radius 2 is 2.04 bits per heavy atom. The van der Waals surface area contributed by atoms with Crippen molar-refractivity contribution in [1.29, 1.82) is 0 Å². The number of nitrogens with one attached hydrogen (secondary N) is 1. The molecule has 7 heteroatoms. The number of hydrogen-bond donors (Lipinski definition) is 1. The van der Waals surface area contributed by atoms with Crippen LogP contribution in [0.1, 0.15) is 23.2 Å². The number of hydrogen-bond acceptors (Lipinski definition) is 5. The third-order valence-electron chi connectivity index (χ3n) is 4.69. The summed E-state index contributed by atoms with van der Waals surface area (Å²) in [5, 5.41) is 0. The van der Waals surface area contributed by atoms with Crippen LogP contribution in [-0.2, 0) is 9.47 Å². The van der Waals surface area contributed by atoms with Gasteiger partial charge in [0.15, 0.2) is 0 Å². The minimum atomic E-state index is -0.418. The highest BCUT2D eigenvalue weighted by atomic mass is 16.5. The minimum Gasteiger partial charge on any atom is -0.463 e. The van der Waals surface area contributed by atoms with E-state index in [0.29, 0.717) is 31.2 Å². The van der Waals surface area contributed by atoms with E-state index in [0.717, 1.165) is 19.4 Å². The van der Waals surface area contributed by atoms with Crippen LogP contribution in [0.3, 0.4) is 0 Å². The third kappa shape index (κ3) is 3.25. The number of aromatic nitrogens is 1. The van der Waals surface area contributed by atoms with Crippen LogP contribution in [0.15, 0.2) is 39.7 Å². The molecule has 4 rings (SSSR count). The van der Waals surface area contributed by atoms with Crippen LogP contribution in [-0.4, -0.2) is 54.3 Å². The SMILES string of the molecule is O=C(c1ccc(-c2ccco2)[nH]c1=O)N1CCO[C@@H]([C@@H]2CCCO2)C1. The van der Waals surface area contributed by atoms with Gasteiger partial charge >= 0.3 is 0 Å². The molecule has 7 nitrogen and oxygen atoms in total. The van der Waals surface area contributed by atoms with Crippen molar-refractivity contribution in [3.05, 3.63) is 46.4 Å². The molecule has 2 aromatic rings. The van der Waals surface area contributed by atoms with Crippen molar-refractivity contribution >= 4 is 5.91 Å². The number of carbonyl (C=O) groups excluding carboxylic acids is 1. The van der Waals surface area contributed by atoms with E-state index in [1.54, 1.807) is 29.2 Å². The first-order valence-corrected chi connectivity index (χ1v) is 8.52. The Morgan fingerprint density at radius 3 is 2.76 bits per heavy atom. The maximum Gasteiger partial charge on any atom is 0.261 e. The number of aromatic amines is 1. The third-order valence-corrected chi connectivity index (χ3v) is 4.69. The fourth-order valence-corrected chi connectivity index (χ4v) is 3.37. The highest BCUT2D eigenvalue weighted by molar-refractivity contribution is 5.94. The highest BCUT2D eigenvalue weighted by Crippen LogP contribution is 2.22. The zero-order chi connectivity index (χ0) is 17.2. The molecule has 1 amide bonds. The lowest BCUT2D eigenvalue weighted by atomic mass is 10.1. The predicted octanol–water partition coefficient (Wildman–Crippen LogP) is 1.65. The normalized spacial score (nSPS) is 23.8. The van der Waals surface area contributed by atoms with Crippen molar-refractivity contribution < 1.29 is 18.7 Å². The molecular weight excluding hydrogens is 324 g/mol. The zero-order valence-corrected chi connectivity index (χ0v) is 13.8. The molecule has 2 saturated heterocycles. The Kier molecular flexibility index (Phi) is 4.42. The molecular formula is C18H20N2O5. The molecule has 0 radical (unpaired) electrons. The number of rotatable bonds is 3. The molecule has 25 heavy (non-hydrogen) atoms. The largest absolute Gasteiger partial charge is 0.463 e. The van der Waals surface area contributed by atoms with Crippen molar-refractivity contribution in [3.8, 4) is 11.5 Å². The Labute approximate surface area is 144 Å². The lowest BCUT2D eigenvalue weighted by Gasteiger charge is -2.35. The Hall–Kier alpha value is -2.38. The molecule has 0 spiro atoms. The lowest BCUT2D eigenvalue weighted by molar-refractivity contribution is -0.0868. The Balaban J connectivity index is 1.51. The zero-order valence-electron chi connectivity index (χ0n) is 13.8. The summed E-state index contributed by atoms with van der Waals surface area (Å²) < 4.78 is 16.7. The number of H-pyrrole nitrogens is 1. The average molecular weight is 344 g/mol. The van der Waals surface area contributed by atoms with Gasteiger partial charge in [0.1, 0.15) is 17.4 Å². The minimum absolute atomic E-state index is 0.0372. The fraction of sp³-hybridized carbons (Fsp3) is 0.444. The smallest absolute Gasteiger partial charge is 0.261 e. The molecule has 2 aromatic heterocycles. The van der Waals surface area contributed by atoms with Crippen LogP contribution >= 0.6 is 0 Å². The first kappa shape index (κ1) is 16.1. The quantitative estimate of drug-likeness (QED) is 0.915. The van der Waals surface area contributed by atoms with Gasteiger partial charge in [-0.05, 0) is 37.1 Å². The molecule has 132 valence electrons. The maximum absolute atomic E-state index is 12.8. The summed E-state index contributed by atoms with van der Waals surface area (Å²) in [4.78, 5) is 29.5. The summed E-state index contributed by atoms with van der Waals surface area (Å²) >= 11 is 0. The molecule has 0 aliphatic carbocycles. The second kappa shape index (κ2) is 6.85. The van der Waals surface area contributed by atoms with Gasteiger partial charge in [0, 0.05) is 19.7 Å². The maximum atomic E-state index is 12.8. The van der Waals surface area contributed by atoms with Gasteiger partial charge < -0.3 is 23.8 Å². The van der Waals surface area contributed by atoms with E-state index in [2.05, 4.69) is 4.98 Å². The predicted molar refractivity (Wildman–Crippen MR) is 89.4 cm³/mol. The van der Waals surface area contributed by atoms with E-state index in [4.69, 9.17) is 13.9 Å². The van der Waals surface area contributed by atoms with Gasteiger partial charge in [-0.15, -0.1) is 0 Å². The second-order valence-electron chi connectivity index (χ2n) is 6.30. The first-order valence-electron chi connectivity index (χ1n) is 8.52. The summed E-state index contributed by atoms with van der Waals surface area (Å²) in [6.07, 6.45) is 3.42. The monoisotopic (exact) mass is 344 g/mol. The Morgan fingerprint density at radius 1 is 1.16 bits per heavy atom. The number of furan rings is 1. The van der Waals surface area contributed by atoms with Gasteiger partial charge in [0.25, 0.3) is 11.5 Å². The molecule has 0 saturated carbocycles. The molecule has 2 aliphatic heterocycles. The van der Waals surface area contributed by atoms with Crippen molar-refractivity contribution in [3.63, 3.8) is 0 Å². The van der Waals surface area contributed by atoms with Crippen molar-refractivity contribution in [2.24, 2.45) is 0 Å².